The van der Waals surface area contributed by atoms with Crippen LogP contribution in [0.2, 0.25) is 0 Å². The Morgan fingerprint density at radius 2 is 1.93 bits per heavy atom. The molecule has 0 fully saturated rings. The predicted molar refractivity (Wildman–Crippen MR) is 66.0 cm³/mol. The maximum Gasteiger partial charge on any atom is 0.126 e. The lowest BCUT2D eigenvalue weighted by Gasteiger charge is -2.21. The molecule has 1 rings (SSSR count). The van der Waals surface area contributed by atoms with Gasteiger partial charge in [-0.15, -0.1) is 0 Å². The molecule has 0 heterocycles. The van der Waals surface area contributed by atoms with Crippen LogP contribution in [-0.2, 0) is 6.42 Å². The van der Waals surface area contributed by atoms with Gasteiger partial charge in [0, 0.05) is 16.5 Å². The summed E-state index contributed by atoms with van der Waals surface area (Å²) >= 11 is 2.23. The second-order valence-electron chi connectivity index (χ2n) is 3.51. The zero-order valence-corrected chi connectivity index (χ0v) is 10.4. The van der Waals surface area contributed by atoms with Crippen molar-refractivity contribution in [1.82, 2.24) is 0 Å². The first-order chi connectivity index (χ1) is 6.59. The second kappa shape index (κ2) is 5.07. The van der Waals surface area contributed by atoms with Crippen molar-refractivity contribution >= 4 is 22.6 Å². The molecule has 1 unspecified atom stereocenters. The molecule has 2 N–H and O–H groups in total. The lowest BCUT2D eigenvalue weighted by molar-refractivity contribution is 0.167. The first-order valence-electron chi connectivity index (χ1n) is 4.73. The molecule has 3 heteroatoms. The Kier molecular flexibility index (Phi) is 4.31. The monoisotopic (exact) mass is 307 g/mol. The maximum absolute atomic E-state index is 13.9. The molecule has 0 aliphatic rings. The largest absolute Gasteiger partial charge is 0.328 e. The first kappa shape index (κ1) is 11.9. The number of alkyl halides is 1. The van der Waals surface area contributed by atoms with Gasteiger partial charge in [-0.05, 0) is 46.7 Å². The minimum atomic E-state index is -1.24. The van der Waals surface area contributed by atoms with Crippen LogP contribution in [0, 0.1) is 3.57 Å². The van der Waals surface area contributed by atoms with Gasteiger partial charge in [-0.1, -0.05) is 19.1 Å². The highest BCUT2D eigenvalue weighted by Crippen LogP contribution is 2.21. The van der Waals surface area contributed by atoms with Gasteiger partial charge in [0.05, 0.1) is 0 Å². The van der Waals surface area contributed by atoms with Gasteiger partial charge < -0.3 is 5.73 Å². The predicted octanol–water partition coefficient (Wildman–Crippen LogP) is 2.91. The van der Waals surface area contributed by atoms with Gasteiger partial charge in [-0.2, -0.15) is 0 Å². The van der Waals surface area contributed by atoms with Crippen LogP contribution in [0.25, 0.3) is 0 Å². The van der Waals surface area contributed by atoms with Gasteiger partial charge >= 0.3 is 0 Å². The molecule has 1 nitrogen and oxygen atoms in total. The van der Waals surface area contributed by atoms with E-state index in [1.807, 2.05) is 31.2 Å². The van der Waals surface area contributed by atoms with E-state index in [1.165, 1.54) is 3.57 Å². The Morgan fingerprint density at radius 1 is 1.36 bits per heavy atom. The summed E-state index contributed by atoms with van der Waals surface area (Å²) < 4.78 is 15.1. The van der Waals surface area contributed by atoms with E-state index in [2.05, 4.69) is 22.6 Å². The summed E-state index contributed by atoms with van der Waals surface area (Å²) in [5.74, 6) is 0. The maximum atomic E-state index is 13.9. The van der Waals surface area contributed by atoms with E-state index in [4.69, 9.17) is 5.73 Å². The van der Waals surface area contributed by atoms with Crippen molar-refractivity contribution in [1.29, 1.82) is 0 Å². The fourth-order valence-corrected chi connectivity index (χ4v) is 1.67. The molecule has 0 aliphatic carbocycles. The fourth-order valence-electron chi connectivity index (χ4n) is 1.31. The lowest BCUT2D eigenvalue weighted by atomic mass is 9.94. The van der Waals surface area contributed by atoms with Crippen LogP contribution in [0.15, 0.2) is 24.3 Å². The Labute approximate surface area is 98.0 Å². The summed E-state index contributed by atoms with van der Waals surface area (Å²) in [5, 5.41) is 0. The van der Waals surface area contributed by atoms with Gasteiger partial charge in [0.2, 0.25) is 0 Å². The van der Waals surface area contributed by atoms with Crippen LogP contribution in [0.1, 0.15) is 18.9 Å². The normalized spacial score (nSPS) is 15.1. The average molecular weight is 307 g/mol. The van der Waals surface area contributed by atoms with Crippen molar-refractivity contribution in [2.45, 2.75) is 25.4 Å². The number of rotatable bonds is 4. The van der Waals surface area contributed by atoms with Crippen LogP contribution in [0.4, 0.5) is 4.39 Å². The number of nitrogens with two attached hydrogens (primary N) is 1. The van der Waals surface area contributed by atoms with Crippen molar-refractivity contribution in [3.05, 3.63) is 33.4 Å². The third-order valence-electron chi connectivity index (χ3n) is 2.43. The molecule has 78 valence electrons. The molecule has 0 saturated carbocycles. The zero-order valence-electron chi connectivity index (χ0n) is 8.26. The Balaban J connectivity index is 2.72. The SMILES string of the molecule is CCC(F)(CN)Cc1ccc(I)cc1. The van der Waals surface area contributed by atoms with E-state index in [0.717, 1.165) is 5.56 Å². The van der Waals surface area contributed by atoms with Crippen molar-refractivity contribution in [2.24, 2.45) is 5.73 Å². The molecule has 0 amide bonds. The van der Waals surface area contributed by atoms with Gasteiger partial charge in [-0.3, -0.25) is 0 Å². The molecule has 1 aromatic rings. The summed E-state index contributed by atoms with van der Waals surface area (Å²) in [6.07, 6.45) is 0.881. The lowest BCUT2D eigenvalue weighted by Crippen LogP contribution is -2.34. The van der Waals surface area contributed by atoms with Crippen molar-refractivity contribution in [3.8, 4) is 0 Å². The summed E-state index contributed by atoms with van der Waals surface area (Å²) in [7, 11) is 0. The molecule has 14 heavy (non-hydrogen) atoms. The van der Waals surface area contributed by atoms with Crippen molar-refractivity contribution in [2.75, 3.05) is 6.54 Å². The molecular weight excluding hydrogens is 292 g/mol. The third-order valence-corrected chi connectivity index (χ3v) is 3.15. The number of halogens is 2. The van der Waals surface area contributed by atoms with E-state index < -0.39 is 5.67 Å². The average Bonchev–Trinajstić information content (AvgIpc) is 2.21. The minimum Gasteiger partial charge on any atom is -0.328 e. The topological polar surface area (TPSA) is 26.0 Å². The van der Waals surface area contributed by atoms with Crippen LogP contribution >= 0.6 is 22.6 Å². The van der Waals surface area contributed by atoms with E-state index in [9.17, 15) is 4.39 Å². The smallest absolute Gasteiger partial charge is 0.126 e. The standard InChI is InChI=1S/C11H15FIN/c1-2-11(12,8-14)7-9-3-5-10(13)6-4-9/h3-6H,2,7-8,14H2,1H3. The minimum absolute atomic E-state index is 0.0927. The zero-order chi connectivity index (χ0) is 10.6. The second-order valence-corrected chi connectivity index (χ2v) is 4.76. The molecule has 1 aromatic carbocycles. The van der Waals surface area contributed by atoms with Crippen LogP contribution in [-0.4, -0.2) is 12.2 Å². The Morgan fingerprint density at radius 3 is 2.36 bits per heavy atom. The third kappa shape index (κ3) is 3.20. The van der Waals surface area contributed by atoms with Gasteiger partial charge in [-0.25, -0.2) is 4.39 Å². The van der Waals surface area contributed by atoms with E-state index >= 15 is 0 Å². The number of hydrogen-bond donors (Lipinski definition) is 1. The van der Waals surface area contributed by atoms with Crippen molar-refractivity contribution < 1.29 is 4.39 Å². The highest BCUT2D eigenvalue weighted by atomic mass is 127. The highest BCUT2D eigenvalue weighted by Gasteiger charge is 2.25. The van der Waals surface area contributed by atoms with Gasteiger partial charge in [0.1, 0.15) is 5.67 Å². The molecule has 0 aromatic heterocycles. The first-order valence-corrected chi connectivity index (χ1v) is 5.81. The van der Waals surface area contributed by atoms with Gasteiger partial charge in [0.25, 0.3) is 0 Å². The van der Waals surface area contributed by atoms with Crippen LogP contribution in [0.3, 0.4) is 0 Å². The number of benzene rings is 1. The van der Waals surface area contributed by atoms with E-state index in [0.29, 0.717) is 12.8 Å². The van der Waals surface area contributed by atoms with E-state index in [1.54, 1.807) is 0 Å². The summed E-state index contributed by atoms with van der Waals surface area (Å²) in [5.41, 5.74) is 5.19. The number of hydrogen-bond acceptors (Lipinski definition) is 1. The fraction of sp³-hybridized carbons (Fsp3) is 0.455. The molecule has 0 spiro atoms. The molecule has 0 saturated heterocycles. The molecule has 0 aliphatic heterocycles. The van der Waals surface area contributed by atoms with Crippen LogP contribution < -0.4 is 5.73 Å². The molecule has 1 atom stereocenters. The molecule has 0 radical (unpaired) electrons. The Bertz CT molecular complexity index is 280. The summed E-state index contributed by atoms with van der Waals surface area (Å²) in [4.78, 5) is 0. The van der Waals surface area contributed by atoms with Gasteiger partial charge in [0.15, 0.2) is 0 Å². The van der Waals surface area contributed by atoms with Crippen LogP contribution in [0.5, 0.6) is 0 Å². The Hall–Kier alpha value is -0.160. The highest BCUT2D eigenvalue weighted by molar-refractivity contribution is 14.1. The summed E-state index contributed by atoms with van der Waals surface area (Å²) in [6, 6.07) is 7.90. The molecule has 0 bridgehead atoms. The summed E-state index contributed by atoms with van der Waals surface area (Å²) in [6.45, 7) is 1.93. The van der Waals surface area contributed by atoms with E-state index in [-0.39, 0.29) is 6.54 Å². The quantitative estimate of drug-likeness (QED) is 0.851. The molecular formula is C11H15FIN. The van der Waals surface area contributed by atoms with Crippen molar-refractivity contribution in [3.63, 3.8) is 0 Å².